The van der Waals surface area contributed by atoms with Crippen LogP contribution in [0.2, 0.25) is 0 Å². The number of methoxy groups -OCH3 is 2. The number of ether oxygens (including phenoxy) is 2. The third-order valence-corrected chi connectivity index (χ3v) is 5.59. The van der Waals surface area contributed by atoms with Gasteiger partial charge in [0.15, 0.2) is 17.3 Å². The quantitative estimate of drug-likeness (QED) is 0.602. The molecule has 0 aromatic heterocycles. The Bertz CT molecular complexity index is 1090. The summed E-state index contributed by atoms with van der Waals surface area (Å²) in [5.74, 6) is 0.773. The lowest BCUT2D eigenvalue weighted by atomic mass is 9.93. The predicted molar refractivity (Wildman–Crippen MR) is 120 cm³/mol. The highest BCUT2D eigenvalue weighted by molar-refractivity contribution is 6.05. The van der Waals surface area contributed by atoms with Crippen molar-refractivity contribution in [2.75, 3.05) is 20.8 Å². The maximum absolute atomic E-state index is 13.1. The lowest BCUT2D eigenvalue weighted by molar-refractivity contribution is -0.129. The van der Waals surface area contributed by atoms with Crippen molar-refractivity contribution >= 4 is 11.5 Å². The summed E-state index contributed by atoms with van der Waals surface area (Å²) in [5.41, 5.74) is 3.47. The number of nitrogens with zero attached hydrogens (tertiary/aromatic N) is 1. The number of carbonyl (C=O) groups is 1. The smallest absolute Gasteiger partial charge is 0.289 e. The van der Waals surface area contributed by atoms with E-state index in [-0.39, 0.29) is 17.7 Å². The van der Waals surface area contributed by atoms with Crippen LogP contribution in [0, 0.1) is 0 Å². The molecule has 31 heavy (non-hydrogen) atoms. The molecule has 0 bridgehead atoms. The number of amides is 1. The summed E-state index contributed by atoms with van der Waals surface area (Å²) >= 11 is 0. The van der Waals surface area contributed by atoms with Gasteiger partial charge in [-0.3, -0.25) is 4.79 Å². The first-order valence-corrected chi connectivity index (χ1v) is 10.2. The van der Waals surface area contributed by atoms with Gasteiger partial charge in [0.2, 0.25) is 0 Å². The average Bonchev–Trinajstić information content (AvgIpc) is 3.08. The van der Waals surface area contributed by atoms with Gasteiger partial charge in [-0.2, -0.15) is 0 Å². The molecule has 1 N–H and O–H groups in total. The SMILES string of the molecule is COc1ccc(CCN2C(=O)C(O)=C(c3ccccc3)[C@@H]2c2ccccc2)cc1OC. The van der Waals surface area contributed by atoms with Crippen LogP contribution in [-0.4, -0.2) is 36.7 Å². The Kier molecular flexibility index (Phi) is 5.94. The van der Waals surface area contributed by atoms with Gasteiger partial charge in [-0.15, -0.1) is 0 Å². The minimum Gasteiger partial charge on any atom is -0.503 e. The minimum absolute atomic E-state index is 0.188. The first-order valence-electron chi connectivity index (χ1n) is 10.2. The average molecular weight is 415 g/mol. The van der Waals surface area contributed by atoms with Crippen molar-refractivity contribution in [2.45, 2.75) is 12.5 Å². The zero-order valence-electron chi connectivity index (χ0n) is 17.6. The Morgan fingerprint density at radius 1 is 0.871 bits per heavy atom. The lowest BCUT2D eigenvalue weighted by Crippen LogP contribution is -2.32. The van der Waals surface area contributed by atoms with Gasteiger partial charge in [0.25, 0.3) is 5.91 Å². The first kappa shape index (κ1) is 20.5. The van der Waals surface area contributed by atoms with Crippen molar-refractivity contribution in [3.8, 4) is 11.5 Å². The van der Waals surface area contributed by atoms with Crippen LogP contribution in [0.4, 0.5) is 0 Å². The molecule has 3 aromatic carbocycles. The van der Waals surface area contributed by atoms with Crippen molar-refractivity contribution in [1.29, 1.82) is 0 Å². The fourth-order valence-electron chi connectivity index (χ4n) is 4.06. The molecule has 0 fully saturated rings. The Balaban J connectivity index is 1.66. The Labute approximate surface area is 182 Å². The van der Waals surface area contributed by atoms with Crippen LogP contribution in [0.1, 0.15) is 22.7 Å². The first-order chi connectivity index (χ1) is 15.1. The molecular formula is C26H25NO4. The molecule has 1 atom stereocenters. The number of hydrogen-bond acceptors (Lipinski definition) is 4. The Hall–Kier alpha value is -3.73. The molecule has 0 saturated heterocycles. The summed E-state index contributed by atoms with van der Waals surface area (Å²) in [6.45, 7) is 0.453. The van der Waals surface area contributed by atoms with E-state index in [4.69, 9.17) is 9.47 Å². The van der Waals surface area contributed by atoms with Crippen LogP contribution < -0.4 is 9.47 Å². The molecule has 1 aliphatic rings. The van der Waals surface area contributed by atoms with Crippen molar-refractivity contribution < 1.29 is 19.4 Å². The second kappa shape index (κ2) is 8.96. The van der Waals surface area contributed by atoms with Crippen LogP contribution in [0.25, 0.3) is 5.57 Å². The summed E-state index contributed by atoms with van der Waals surface area (Å²) in [6.07, 6.45) is 0.616. The molecule has 0 spiro atoms. The second-order valence-corrected chi connectivity index (χ2v) is 7.38. The number of benzene rings is 3. The van der Waals surface area contributed by atoms with E-state index in [2.05, 4.69) is 0 Å². The zero-order chi connectivity index (χ0) is 21.8. The Morgan fingerprint density at radius 2 is 1.52 bits per heavy atom. The van der Waals surface area contributed by atoms with Gasteiger partial charge in [-0.05, 0) is 35.2 Å². The number of aliphatic hydroxyl groups is 1. The summed E-state index contributed by atoms with van der Waals surface area (Å²) in [5, 5.41) is 10.8. The minimum atomic E-state index is -0.354. The van der Waals surface area contributed by atoms with Crippen molar-refractivity contribution in [3.63, 3.8) is 0 Å². The fraction of sp³-hybridized carbons (Fsp3) is 0.192. The van der Waals surface area contributed by atoms with E-state index in [1.165, 1.54) is 0 Å². The van der Waals surface area contributed by atoms with Gasteiger partial charge < -0.3 is 19.5 Å². The van der Waals surface area contributed by atoms with E-state index in [0.717, 1.165) is 16.7 Å². The van der Waals surface area contributed by atoms with Crippen molar-refractivity contribution in [3.05, 3.63) is 101 Å². The molecule has 158 valence electrons. The third kappa shape index (κ3) is 3.99. The highest BCUT2D eigenvalue weighted by atomic mass is 16.5. The van der Waals surface area contributed by atoms with Gasteiger partial charge >= 0.3 is 0 Å². The molecule has 1 amide bonds. The molecular weight excluding hydrogens is 390 g/mol. The molecule has 1 heterocycles. The molecule has 5 nitrogen and oxygen atoms in total. The Morgan fingerprint density at radius 3 is 2.16 bits per heavy atom. The largest absolute Gasteiger partial charge is 0.503 e. The van der Waals surface area contributed by atoms with Gasteiger partial charge in [0.1, 0.15) is 0 Å². The number of hydrogen-bond donors (Lipinski definition) is 1. The maximum Gasteiger partial charge on any atom is 0.289 e. The van der Waals surface area contributed by atoms with Crippen LogP contribution in [0.5, 0.6) is 11.5 Å². The standard InChI is InChI=1S/C26H25NO4/c1-30-21-14-13-18(17-22(21)31-2)15-16-27-24(20-11-7-4-8-12-20)23(25(28)26(27)29)19-9-5-3-6-10-19/h3-14,17,24,28H,15-16H2,1-2H3/t24-/m0/s1. The lowest BCUT2D eigenvalue weighted by Gasteiger charge is -2.27. The van der Waals surface area contributed by atoms with Gasteiger partial charge in [0.05, 0.1) is 20.3 Å². The summed E-state index contributed by atoms with van der Waals surface area (Å²) in [4.78, 5) is 14.8. The molecule has 0 saturated carbocycles. The van der Waals surface area contributed by atoms with Crippen LogP contribution >= 0.6 is 0 Å². The molecule has 3 aromatic rings. The number of rotatable bonds is 7. The predicted octanol–water partition coefficient (Wildman–Crippen LogP) is 4.80. The normalized spacial score (nSPS) is 16.0. The highest BCUT2D eigenvalue weighted by Crippen LogP contribution is 2.43. The van der Waals surface area contributed by atoms with E-state index in [1.54, 1.807) is 19.1 Å². The number of aliphatic hydroxyl groups excluding tert-OH is 1. The second-order valence-electron chi connectivity index (χ2n) is 7.38. The maximum atomic E-state index is 13.1. The van der Waals surface area contributed by atoms with E-state index in [0.29, 0.717) is 30.0 Å². The zero-order valence-corrected chi connectivity index (χ0v) is 17.6. The van der Waals surface area contributed by atoms with E-state index in [9.17, 15) is 9.90 Å². The van der Waals surface area contributed by atoms with Crippen molar-refractivity contribution in [1.82, 2.24) is 4.90 Å². The summed E-state index contributed by atoms with van der Waals surface area (Å²) < 4.78 is 10.7. The van der Waals surface area contributed by atoms with E-state index >= 15 is 0 Å². The summed E-state index contributed by atoms with van der Waals surface area (Å²) in [7, 11) is 3.20. The van der Waals surface area contributed by atoms with Gasteiger partial charge in [-0.1, -0.05) is 66.7 Å². The van der Waals surface area contributed by atoms with Crippen LogP contribution in [0.15, 0.2) is 84.6 Å². The molecule has 0 aliphatic carbocycles. The molecule has 4 rings (SSSR count). The van der Waals surface area contributed by atoms with Crippen molar-refractivity contribution in [2.24, 2.45) is 0 Å². The van der Waals surface area contributed by atoms with E-state index in [1.807, 2.05) is 78.9 Å². The van der Waals surface area contributed by atoms with Gasteiger partial charge in [-0.25, -0.2) is 0 Å². The fourth-order valence-corrected chi connectivity index (χ4v) is 4.06. The molecule has 0 radical (unpaired) electrons. The summed E-state index contributed by atoms with van der Waals surface area (Å²) in [6, 6.07) is 24.8. The molecule has 0 unspecified atom stereocenters. The molecule has 1 aliphatic heterocycles. The number of carbonyl (C=O) groups excluding carboxylic acids is 1. The third-order valence-electron chi connectivity index (χ3n) is 5.59. The highest BCUT2D eigenvalue weighted by Gasteiger charge is 2.40. The van der Waals surface area contributed by atoms with Crippen LogP contribution in [0.3, 0.4) is 0 Å². The topological polar surface area (TPSA) is 59.0 Å². The molecule has 5 heteroatoms. The van der Waals surface area contributed by atoms with Gasteiger partial charge in [0, 0.05) is 12.1 Å². The monoisotopic (exact) mass is 415 g/mol. The van der Waals surface area contributed by atoms with Crippen LogP contribution in [-0.2, 0) is 11.2 Å². The van der Waals surface area contributed by atoms with E-state index < -0.39 is 0 Å².